The van der Waals surface area contributed by atoms with Crippen molar-refractivity contribution >= 4 is 20.8 Å². The van der Waals surface area contributed by atoms with Crippen LogP contribution in [-0.4, -0.2) is 30.3 Å². The van der Waals surface area contributed by atoms with Crippen LogP contribution in [0.1, 0.15) is 49.8 Å². The molecule has 1 saturated carbocycles. The van der Waals surface area contributed by atoms with E-state index in [0.29, 0.717) is 29.7 Å². The second-order valence-electron chi connectivity index (χ2n) is 9.12. The van der Waals surface area contributed by atoms with Gasteiger partial charge in [0.15, 0.2) is 0 Å². The molecule has 1 aromatic heterocycles. The predicted molar refractivity (Wildman–Crippen MR) is 131 cm³/mol. The first kappa shape index (κ1) is 23.7. The summed E-state index contributed by atoms with van der Waals surface area (Å²) < 4.78 is 35.6. The summed E-state index contributed by atoms with van der Waals surface area (Å²) in [6.45, 7) is 2.91. The quantitative estimate of drug-likeness (QED) is 0.479. The zero-order valence-corrected chi connectivity index (χ0v) is 20.1. The zero-order valence-electron chi connectivity index (χ0n) is 19.2. The van der Waals surface area contributed by atoms with Crippen molar-refractivity contribution in [1.29, 1.82) is 0 Å². The molecule has 5 nitrogen and oxygen atoms in total. The van der Waals surface area contributed by atoms with E-state index in [9.17, 15) is 8.42 Å². The number of aryl methyl sites for hydroxylation is 1. The van der Waals surface area contributed by atoms with E-state index < -0.39 is 10.0 Å². The first-order chi connectivity index (χ1) is 15.5. The molecule has 2 aliphatic rings. The Morgan fingerprint density at radius 2 is 1.88 bits per heavy atom. The van der Waals surface area contributed by atoms with Gasteiger partial charge in [-0.05, 0) is 56.0 Å². The monoisotopic (exact) mass is 464 g/mol. The van der Waals surface area contributed by atoms with Gasteiger partial charge in [-0.3, -0.25) is 4.98 Å². The van der Waals surface area contributed by atoms with E-state index in [2.05, 4.69) is 4.98 Å². The van der Waals surface area contributed by atoms with Crippen LogP contribution in [0.2, 0.25) is 0 Å². The van der Waals surface area contributed by atoms with Crippen molar-refractivity contribution in [2.75, 3.05) is 6.54 Å². The maximum atomic E-state index is 13.8. The fourth-order valence-corrected chi connectivity index (χ4v) is 7.06. The van der Waals surface area contributed by atoms with E-state index in [1.165, 1.54) is 6.42 Å². The molecule has 2 bridgehead atoms. The van der Waals surface area contributed by atoms with Crippen LogP contribution in [0.4, 0.5) is 0 Å². The number of pyridine rings is 1. The molecule has 33 heavy (non-hydrogen) atoms. The van der Waals surface area contributed by atoms with E-state index >= 15 is 0 Å². The highest BCUT2D eigenvalue weighted by molar-refractivity contribution is 7.89. The van der Waals surface area contributed by atoms with Crippen molar-refractivity contribution < 1.29 is 13.2 Å². The summed E-state index contributed by atoms with van der Waals surface area (Å²) in [6.07, 6.45) is 8.17. The fourth-order valence-electron chi connectivity index (χ4n) is 5.30. The van der Waals surface area contributed by atoms with E-state index in [-0.39, 0.29) is 13.5 Å². The molecule has 2 unspecified atom stereocenters. The van der Waals surface area contributed by atoms with Crippen molar-refractivity contribution in [2.45, 2.75) is 63.0 Å². The van der Waals surface area contributed by atoms with E-state index in [1.807, 2.05) is 43.3 Å². The minimum atomic E-state index is -3.60. The molecule has 2 atom stereocenters. The normalized spacial score (nSPS) is 21.2. The predicted octanol–water partition coefficient (Wildman–Crippen LogP) is 5.79. The first-order valence-electron chi connectivity index (χ1n) is 11.6. The van der Waals surface area contributed by atoms with Crippen LogP contribution in [0.25, 0.3) is 10.8 Å². The van der Waals surface area contributed by atoms with Crippen LogP contribution in [0.5, 0.6) is 5.75 Å². The van der Waals surface area contributed by atoms with Crippen LogP contribution in [-0.2, 0) is 16.6 Å². The average Bonchev–Trinajstić information content (AvgIpc) is 2.95. The van der Waals surface area contributed by atoms with Gasteiger partial charge < -0.3 is 4.74 Å². The summed E-state index contributed by atoms with van der Waals surface area (Å²) in [4.78, 5) is 4.66. The summed E-state index contributed by atoms with van der Waals surface area (Å²) in [5.41, 5.74) is 1.91. The van der Waals surface area contributed by atoms with Gasteiger partial charge in [-0.1, -0.05) is 50.6 Å². The van der Waals surface area contributed by atoms with Gasteiger partial charge in [0.25, 0.3) is 0 Å². The van der Waals surface area contributed by atoms with Crippen LogP contribution >= 0.6 is 0 Å². The standard InChI is InChI=1S/C26H30N2O3S.CH2/c1-19-22(10-5-13-27-19)18-31-26-17-24(16-21-9-2-3-12-25(21)26)32(29,30)28-14-6-8-20-7-4-11-23(28)15-20;/h2-3,5,9-10,12-13,16-17,20,23H,4,6-8,11,14-15,18H2,1H3;1H2. The van der Waals surface area contributed by atoms with Gasteiger partial charge >= 0.3 is 0 Å². The van der Waals surface area contributed by atoms with Gasteiger partial charge in [0.05, 0.1) is 4.90 Å². The van der Waals surface area contributed by atoms with Crippen molar-refractivity contribution in [3.05, 3.63) is 73.4 Å². The Labute approximate surface area is 197 Å². The minimum Gasteiger partial charge on any atom is -0.488 e. The van der Waals surface area contributed by atoms with Crippen LogP contribution in [0, 0.1) is 20.3 Å². The van der Waals surface area contributed by atoms with Gasteiger partial charge in [0.2, 0.25) is 10.0 Å². The largest absolute Gasteiger partial charge is 0.488 e. The number of nitrogens with zero attached hydrogens (tertiary/aromatic N) is 2. The summed E-state index contributed by atoms with van der Waals surface area (Å²) in [5.74, 6) is 1.27. The lowest BCUT2D eigenvalue weighted by molar-refractivity contribution is 0.238. The van der Waals surface area contributed by atoms with Crippen molar-refractivity contribution in [2.24, 2.45) is 5.92 Å². The molecule has 0 N–H and O–H groups in total. The van der Waals surface area contributed by atoms with E-state index in [0.717, 1.165) is 54.1 Å². The molecule has 5 rings (SSSR count). The summed E-state index contributed by atoms with van der Waals surface area (Å²) in [7, 11) is -3.60. The molecule has 0 amide bonds. The van der Waals surface area contributed by atoms with Crippen LogP contribution in [0.15, 0.2) is 59.6 Å². The van der Waals surface area contributed by atoms with Gasteiger partial charge in [0.1, 0.15) is 12.4 Å². The maximum absolute atomic E-state index is 13.8. The van der Waals surface area contributed by atoms with Crippen molar-refractivity contribution in [3.63, 3.8) is 0 Å². The molecule has 2 fully saturated rings. The van der Waals surface area contributed by atoms with Crippen LogP contribution in [0.3, 0.4) is 0 Å². The number of hydrogen-bond acceptors (Lipinski definition) is 4. The van der Waals surface area contributed by atoms with Gasteiger partial charge in [-0.15, -0.1) is 0 Å². The third-order valence-corrected chi connectivity index (χ3v) is 8.99. The Kier molecular flexibility index (Phi) is 7.05. The van der Waals surface area contributed by atoms with E-state index in [4.69, 9.17) is 4.74 Å². The molecule has 1 aliphatic heterocycles. The smallest absolute Gasteiger partial charge is 0.243 e. The topological polar surface area (TPSA) is 59.5 Å². The number of benzene rings is 2. The Hall–Kier alpha value is -2.44. The lowest BCUT2D eigenvalue weighted by atomic mass is 9.84. The summed E-state index contributed by atoms with van der Waals surface area (Å²) >= 11 is 0. The molecule has 1 aliphatic carbocycles. The number of rotatable bonds is 5. The molecule has 2 radical (unpaired) electrons. The van der Waals surface area contributed by atoms with Gasteiger partial charge in [0, 0.05) is 41.5 Å². The van der Waals surface area contributed by atoms with E-state index in [1.54, 1.807) is 22.6 Å². The third kappa shape index (κ3) is 4.78. The minimum absolute atomic E-state index is 0. The lowest BCUT2D eigenvalue weighted by Crippen LogP contribution is -2.41. The number of ether oxygens (including phenoxy) is 1. The molecular formula is C27H32N2O3S. The average molecular weight is 465 g/mol. The molecule has 2 aromatic carbocycles. The highest BCUT2D eigenvalue weighted by atomic mass is 32.2. The third-order valence-electron chi connectivity index (χ3n) is 7.06. The number of hydrogen-bond donors (Lipinski definition) is 0. The van der Waals surface area contributed by atoms with Crippen molar-refractivity contribution in [1.82, 2.24) is 9.29 Å². The Balaban J connectivity index is 0.00000259. The number of sulfonamides is 1. The van der Waals surface area contributed by atoms with Crippen molar-refractivity contribution in [3.8, 4) is 5.75 Å². The number of aromatic nitrogens is 1. The molecule has 2 heterocycles. The Morgan fingerprint density at radius 1 is 1.06 bits per heavy atom. The second-order valence-corrected chi connectivity index (χ2v) is 11.0. The Bertz CT molecular complexity index is 1230. The van der Waals surface area contributed by atoms with Crippen LogP contribution < -0.4 is 4.74 Å². The zero-order chi connectivity index (χ0) is 22.1. The highest BCUT2D eigenvalue weighted by Gasteiger charge is 2.37. The number of fused-ring (bicyclic) bond motifs is 3. The molecular weight excluding hydrogens is 432 g/mol. The Morgan fingerprint density at radius 3 is 2.73 bits per heavy atom. The summed E-state index contributed by atoms with van der Waals surface area (Å²) in [5, 5.41) is 1.80. The molecule has 174 valence electrons. The molecule has 0 spiro atoms. The lowest BCUT2D eigenvalue weighted by Gasteiger charge is -2.33. The first-order valence-corrected chi connectivity index (χ1v) is 13.0. The molecule has 1 saturated heterocycles. The molecule has 6 heteroatoms. The maximum Gasteiger partial charge on any atom is 0.243 e. The SMILES string of the molecule is Cc1ncccc1COc1cc(S(=O)(=O)N2CCCC3CCCC2C3)cc2ccccc12.[CH2]. The fraction of sp³-hybridized carbons (Fsp3) is 0.407. The van der Waals surface area contributed by atoms with Gasteiger partial charge in [-0.25, -0.2) is 8.42 Å². The second kappa shape index (κ2) is 9.82. The molecule has 3 aromatic rings. The highest BCUT2D eigenvalue weighted by Crippen LogP contribution is 2.38. The summed E-state index contributed by atoms with van der Waals surface area (Å²) in [6, 6.07) is 15.3. The van der Waals surface area contributed by atoms with Gasteiger partial charge in [-0.2, -0.15) is 4.31 Å².